The Bertz CT molecular complexity index is 847. The molecule has 3 rings (SSSR count). The van der Waals surface area contributed by atoms with Gasteiger partial charge in [0.1, 0.15) is 17.6 Å². The summed E-state index contributed by atoms with van der Waals surface area (Å²) in [6.07, 6.45) is 4.74. The fourth-order valence-electron chi connectivity index (χ4n) is 3.81. The Balaban J connectivity index is 1.93. The second kappa shape index (κ2) is 8.13. The molecule has 1 fully saturated rings. The maximum absolute atomic E-state index is 13.4. The zero-order chi connectivity index (χ0) is 19.3. The third-order valence-electron chi connectivity index (χ3n) is 5.38. The summed E-state index contributed by atoms with van der Waals surface area (Å²) in [6.45, 7) is 0. The molecule has 5 nitrogen and oxygen atoms in total. The molecule has 1 N–H and O–H groups in total. The Morgan fingerprint density at radius 2 is 1.63 bits per heavy atom. The summed E-state index contributed by atoms with van der Waals surface area (Å²) < 4.78 is 10.4. The molecule has 0 saturated heterocycles. The maximum atomic E-state index is 13.4. The van der Waals surface area contributed by atoms with Crippen molar-refractivity contribution in [2.24, 2.45) is 0 Å². The van der Waals surface area contributed by atoms with Crippen molar-refractivity contribution < 1.29 is 14.3 Å². The van der Waals surface area contributed by atoms with Crippen molar-refractivity contribution in [2.45, 2.75) is 37.5 Å². The number of hydrogen-bond donors (Lipinski definition) is 1. The summed E-state index contributed by atoms with van der Waals surface area (Å²) in [7, 11) is 3.18. The highest BCUT2D eigenvalue weighted by atomic mass is 16.5. The molecule has 140 valence electrons. The fourth-order valence-corrected chi connectivity index (χ4v) is 3.81. The van der Waals surface area contributed by atoms with E-state index < -0.39 is 5.41 Å². The molecule has 0 spiro atoms. The lowest BCUT2D eigenvalue weighted by atomic mass is 9.68. The lowest BCUT2D eigenvalue weighted by Crippen LogP contribution is -2.42. The zero-order valence-electron chi connectivity index (χ0n) is 15.7. The Morgan fingerprint density at radius 3 is 2.22 bits per heavy atom. The van der Waals surface area contributed by atoms with Gasteiger partial charge in [-0.2, -0.15) is 5.26 Å². The van der Waals surface area contributed by atoms with Crippen molar-refractivity contribution >= 4 is 11.6 Å². The van der Waals surface area contributed by atoms with Crippen molar-refractivity contribution in [2.75, 3.05) is 19.5 Å². The number of rotatable bonds is 5. The van der Waals surface area contributed by atoms with Gasteiger partial charge in [-0.1, -0.05) is 31.4 Å². The van der Waals surface area contributed by atoms with Crippen LogP contribution in [0.1, 0.15) is 43.2 Å². The quantitative estimate of drug-likeness (QED) is 0.853. The number of nitrogens with zero attached hydrogens (tertiary/aromatic N) is 1. The second-order valence-corrected chi connectivity index (χ2v) is 6.85. The molecule has 27 heavy (non-hydrogen) atoms. The standard InChI is InChI=1S/C22H24N2O3/c1-26-18-8-6-17(7-9-18)22(12-4-3-5-13-22)21(25)24-20-11-10-19(27-2)14-16(20)15-23/h6-11,14H,3-5,12-13H2,1-2H3,(H,24,25). The Hall–Kier alpha value is -3.00. The van der Waals surface area contributed by atoms with Crippen LogP contribution < -0.4 is 14.8 Å². The van der Waals surface area contributed by atoms with Gasteiger partial charge >= 0.3 is 0 Å². The van der Waals surface area contributed by atoms with E-state index in [1.165, 1.54) is 0 Å². The first-order chi connectivity index (χ1) is 13.1. The van der Waals surface area contributed by atoms with Crippen LogP contribution in [-0.2, 0) is 10.2 Å². The summed E-state index contributed by atoms with van der Waals surface area (Å²) in [4.78, 5) is 13.4. The molecule has 1 saturated carbocycles. The van der Waals surface area contributed by atoms with Crippen LogP contribution in [0, 0.1) is 11.3 Å². The van der Waals surface area contributed by atoms with E-state index in [9.17, 15) is 10.1 Å². The second-order valence-electron chi connectivity index (χ2n) is 6.85. The van der Waals surface area contributed by atoms with E-state index in [4.69, 9.17) is 9.47 Å². The van der Waals surface area contributed by atoms with Crippen molar-refractivity contribution in [1.82, 2.24) is 0 Å². The van der Waals surface area contributed by atoms with E-state index in [1.807, 2.05) is 24.3 Å². The molecule has 0 radical (unpaired) electrons. The van der Waals surface area contributed by atoms with Crippen LogP contribution in [0.25, 0.3) is 0 Å². The average Bonchev–Trinajstić information content (AvgIpc) is 2.74. The van der Waals surface area contributed by atoms with Crippen LogP contribution in [0.5, 0.6) is 11.5 Å². The van der Waals surface area contributed by atoms with Crippen LogP contribution >= 0.6 is 0 Å². The molecular formula is C22H24N2O3. The predicted molar refractivity (Wildman–Crippen MR) is 104 cm³/mol. The molecule has 1 aliphatic rings. The van der Waals surface area contributed by atoms with E-state index >= 15 is 0 Å². The number of anilines is 1. The SMILES string of the molecule is COc1ccc(C2(C(=O)Nc3ccc(OC)cc3C#N)CCCCC2)cc1. The number of benzene rings is 2. The van der Waals surface area contributed by atoms with Gasteiger partial charge in [0.25, 0.3) is 0 Å². The monoisotopic (exact) mass is 364 g/mol. The Kier molecular flexibility index (Phi) is 5.66. The smallest absolute Gasteiger partial charge is 0.235 e. The average molecular weight is 364 g/mol. The minimum absolute atomic E-state index is 0.0611. The van der Waals surface area contributed by atoms with Crippen LogP contribution in [0.15, 0.2) is 42.5 Å². The highest BCUT2D eigenvalue weighted by Gasteiger charge is 2.41. The molecule has 0 unspecified atom stereocenters. The molecule has 5 heteroatoms. The number of nitrogens with one attached hydrogen (secondary N) is 1. The number of amides is 1. The Morgan fingerprint density at radius 1 is 1.00 bits per heavy atom. The molecule has 0 heterocycles. The molecular weight excluding hydrogens is 340 g/mol. The first-order valence-electron chi connectivity index (χ1n) is 9.17. The molecule has 0 bridgehead atoms. The molecule has 1 aliphatic carbocycles. The summed E-state index contributed by atoms with van der Waals surface area (Å²) >= 11 is 0. The van der Waals surface area contributed by atoms with Crippen LogP contribution in [-0.4, -0.2) is 20.1 Å². The summed E-state index contributed by atoms with van der Waals surface area (Å²) in [6, 6.07) is 15.0. The minimum Gasteiger partial charge on any atom is -0.497 e. The van der Waals surface area contributed by atoms with Gasteiger partial charge in [-0.25, -0.2) is 0 Å². The van der Waals surface area contributed by atoms with Crippen LogP contribution in [0.3, 0.4) is 0 Å². The van der Waals surface area contributed by atoms with Crippen molar-refractivity contribution in [3.8, 4) is 17.6 Å². The van der Waals surface area contributed by atoms with Crippen LogP contribution in [0.4, 0.5) is 5.69 Å². The largest absolute Gasteiger partial charge is 0.497 e. The van der Waals surface area contributed by atoms with E-state index in [-0.39, 0.29) is 5.91 Å². The Labute approximate surface area is 159 Å². The number of carbonyl (C=O) groups is 1. The molecule has 2 aromatic rings. The van der Waals surface area contributed by atoms with Gasteiger partial charge in [-0.15, -0.1) is 0 Å². The number of nitriles is 1. The fraction of sp³-hybridized carbons (Fsp3) is 0.364. The molecule has 0 aromatic heterocycles. The highest BCUT2D eigenvalue weighted by Crippen LogP contribution is 2.41. The lowest BCUT2D eigenvalue weighted by Gasteiger charge is -2.36. The first-order valence-corrected chi connectivity index (χ1v) is 9.17. The number of hydrogen-bond acceptors (Lipinski definition) is 4. The molecule has 0 aliphatic heterocycles. The van der Waals surface area contributed by atoms with Gasteiger partial charge in [0.2, 0.25) is 5.91 Å². The van der Waals surface area contributed by atoms with E-state index in [1.54, 1.807) is 32.4 Å². The van der Waals surface area contributed by atoms with Crippen LogP contribution in [0.2, 0.25) is 0 Å². The van der Waals surface area contributed by atoms with Gasteiger partial charge in [0, 0.05) is 0 Å². The van der Waals surface area contributed by atoms with E-state index in [0.717, 1.165) is 43.4 Å². The first kappa shape index (κ1) is 18.8. The molecule has 1 amide bonds. The summed E-state index contributed by atoms with van der Waals surface area (Å²) in [5, 5.41) is 12.4. The van der Waals surface area contributed by atoms with Gasteiger partial charge in [0.15, 0.2) is 0 Å². The number of methoxy groups -OCH3 is 2. The maximum Gasteiger partial charge on any atom is 0.235 e. The topological polar surface area (TPSA) is 71.3 Å². The zero-order valence-corrected chi connectivity index (χ0v) is 15.7. The summed E-state index contributed by atoms with van der Waals surface area (Å²) in [5.74, 6) is 1.30. The minimum atomic E-state index is -0.586. The van der Waals surface area contributed by atoms with Gasteiger partial charge in [-0.05, 0) is 48.7 Å². The number of ether oxygens (including phenoxy) is 2. The predicted octanol–water partition coefficient (Wildman–Crippen LogP) is 4.42. The summed E-state index contributed by atoms with van der Waals surface area (Å²) in [5.41, 5.74) is 1.31. The van der Waals surface area contributed by atoms with Crippen molar-refractivity contribution in [3.05, 3.63) is 53.6 Å². The van der Waals surface area contributed by atoms with Gasteiger partial charge < -0.3 is 14.8 Å². The highest BCUT2D eigenvalue weighted by molar-refractivity contribution is 6.00. The third kappa shape index (κ3) is 3.75. The number of carbonyl (C=O) groups excluding carboxylic acids is 1. The molecule has 2 aromatic carbocycles. The van der Waals surface area contributed by atoms with E-state index in [2.05, 4.69) is 11.4 Å². The van der Waals surface area contributed by atoms with Gasteiger partial charge in [-0.3, -0.25) is 4.79 Å². The third-order valence-corrected chi connectivity index (χ3v) is 5.38. The normalized spacial score (nSPS) is 15.4. The van der Waals surface area contributed by atoms with Gasteiger partial charge in [0.05, 0.1) is 30.9 Å². The lowest BCUT2D eigenvalue weighted by molar-refractivity contribution is -0.122. The van der Waals surface area contributed by atoms with E-state index in [0.29, 0.717) is 17.0 Å². The molecule has 0 atom stereocenters. The van der Waals surface area contributed by atoms with Crippen molar-refractivity contribution in [1.29, 1.82) is 5.26 Å². The van der Waals surface area contributed by atoms with Crippen molar-refractivity contribution in [3.63, 3.8) is 0 Å².